The molecule has 0 radical (unpaired) electrons. The van der Waals surface area contributed by atoms with Crippen molar-refractivity contribution in [1.29, 1.82) is 0 Å². The Morgan fingerprint density at radius 1 is 1.38 bits per heavy atom. The summed E-state index contributed by atoms with van der Waals surface area (Å²) in [7, 11) is 0. The summed E-state index contributed by atoms with van der Waals surface area (Å²) in [5.41, 5.74) is 8.08. The number of nitrogens with two attached hydrogens (primary N) is 1. The van der Waals surface area contributed by atoms with Crippen molar-refractivity contribution in [1.82, 2.24) is 0 Å². The first-order valence-corrected chi connectivity index (χ1v) is 8.85. The molecule has 2 aromatic rings. The van der Waals surface area contributed by atoms with E-state index in [-0.39, 0.29) is 12.0 Å². The molecule has 138 valence electrons. The fourth-order valence-corrected chi connectivity index (χ4v) is 3.08. The molecule has 1 aliphatic heterocycles. The van der Waals surface area contributed by atoms with E-state index in [1.165, 1.54) is 0 Å². The van der Waals surface area contributed by atoms with Crippen LogP contribution in [0.5, 0.6) is 11.5 Å². The van der Waals surface area contributed by atoms with E-state index in [0.29, 0.717) is 30.3 Å². The van der Waals surface area contributed by atoms with Crippen LogP contribution in [0.25, 0.3) is 0 Å². The summed E-state index contributed by atoms with van der Waals surface area (Å²) in [5, 5.41) is 2.97. The van der Waals surface area contributed by atoms with Crippen LogP contribution in [0.15, 0.2) is 42.5 Å². The second-order valence-electron chi connectivity index (χ2n) is 6.40. The highest BCUT2D eigenvalue weighted by Crippen LogP contribution is 2.36. The third-order valence-electron chi connectivity index (χ3n) is 4.37. The number of carbonyl (C=O) groups is 1. The zero-order valence-corrected chi connectivity index (χ0v) is 15.4. The van der Waals surface area contributed by atoms with E-state index in [2.05, 4.69) is 5.32 Å². The second kappa shape index (κ2) is 7.56. The average molecular weight is 355 g/mol. The highest BCUT2D eigenvalue weighted by molar-refractivity contribution is 5.98. The summed E-state index contributed by atoms with van der Waals surface area (Å²) in [5.74, 6) is 1.29. The molecule has 1 aliphatic rings. The topological polar surface area (TPSA) is 76.8 Å². The molecule has 1 heterocycles. The average Bonchev–Trinajstić information content (AvgIpc) is 2.62. The van der Waals surface area contributed by atoms with Crippen molar-refractivity contribution in [3.8, 4) is 11.5 Å². The largest absolute Gasteiger partial charge is 0.492 e. The first-order chi connectivity index (χ1) is 12.5. The molecule has 1 amide bonds. The van der Waals surface area contributed by atoms with Crippen LogP contribution in [0.3, 0.4) is 0 Å². The van der Waals surface area contributed by atoms with Crippen LogP contribution >= 0.6 is 0 Å². The molecule has 6 heteroatoms. The third kappa shape index (κ3) is 3.69. The number of hydrogen-bond acceptors (Lipinski definition) is 5. The van der Waals surface area contributed by atoms with Crippen molar-refractivity contribution in [2.24, 2.45) is 0 Å². The number of benzene rings is 2. The number of amides is 1. The lowest BCUT2D eigenvalue weighted by Gasteiger charge is -2.38. The molecule has 0 saturated heterocycles. The number of nitrogen functional groups attached to an aromatic ring is 1. The van der Waals surface area contributed by atoms with Gasteiger partial charge in [-0.3, -0.25) is 4.79 Å². The predicted molar refractivity (Wildman–Crippen MR) is 104 cm³/mol. The zero-order chi connectivity index (χ0) is 18.7. The number of nitrogens with zero attached hydrogens (tertiary/aromatic N) is 1. The van der Waals surface area contributed by atoms with Gasteiger partial charge in [-0.15, -0.1) is 0 Å². The number of nitrogens with one attached hydrogen (secondary N) is 1. The molecule has 3 N–H and O–H groups in total. The maximum Gasteiger partial charge on any atom is 0.246 e. The van der Waals surface area contributed by atoms with Crippen molar-refractivity contribution >= 4 is 23.0 Å². The number of carbonyl (C=O) groups excluding carboxylic acids is 1. The van der Waals surface area contributed by atoms with E-state index >= 15 is 0 Å². The van der Waals surface area contributed by atoms with Gasteiger partial charge in [0, 0.05) is 5.69 Å². The molecule has 0 aromatic heterocycles. The van der Waals surface area contributed by atoms with Crippen LogP contribution in [-0.4, -0.2) is 31.2 Å². The van der Waals surface area contributed by atoms with Crippen molar-refractivity contribution in [2.45, 2.75) is 32.9 Å². The standard InChI is InChI=1S/C20H25N3O3/c1-4-25-18-8-6-5-7-16(18)22-20(24)14(3)23-12-13(2)26-19-10-9-15(21)11-17(19)23/h5-11,13-14H,4,12,21H2,1-3H3,(H,22,24). The molecule has 6 nitrogen and oxygen atoms in total. The van der Waals surface area contributed by atoms with E-state index in [0.717, 1.165) is 11.4 Å². The van der Waals surface area contributed by atoms with Gasteiger partial charge < -0.3 is 25.4 Å². The Bertz CT molecular complexity index is 794. The molecular weight excluding hydrogens is 330 g/mol. The Hall–Kier alpha value is -2.89. The lowest BCUT2D eigenvalue weighted by Crippen LogP contribution is -2.48. The predicted octanol–water partition coefficient (Wildman–Crippen LogP) is 3.28. The van der Waals surface area contributed by atoms with Crippen molar-refractivity contribution in [3.05, 3.63) is 42.5 Å². The minimum Gasteiger partial charge on any atom is -0.492 e. The Labute approximate surface area is 153 Å². The maximum absolute atomic E-state index is 12.9. The fourth-order valence-electron chi connectivity index (χ4n) is 3.08. The van der Waals surface area contributed by atoms with Gasteiger partial charge in [-0.25, -0.2) is 0 Å². The Morgan fingerprint density at radius 2 is 2.15 bits per heavy atom. The van der Waals surface area contributed by atoms with Crippen LogP contribution in [0, 0.1) is 0 Å². The molecule has 3 rings (SSSR count). The highest BCUT2D eigenvalue weighted by Gasteiger charge is 2.30. The quantitative estimate of drug-likeness (QED) is 0.805. The van der Waals surface area contributed by atoms with Crippen LogP contribution in [0.2, 0.25) is 0 Å². The zero-order valence-electron chi connectivity index (χ0n) is 15.4. The number of fused-ring (bicyclic) bond motifs is 1. The molecule has 0 bridgehead atoms. The smallest absolute Gasteiger partial charge is 0.246 e. The van der Waals surface area contributed by atoms with Gasteiger partial charge in [-0.05, 0) is 51.1 Å². The van der Waals surface area contributed by atoms with E-state index < -0.39 is 6.04 Å². The fraction of sp³-hybridized carbons (Fsp3) is 0.350. The molecule has 2 aromatic carbocycles. The Kier molecular flexibility index (Phi) is 5.21. The Balaban J connectivity index is 1.82. The van der Waals surface area contributed by atoms with Gasteiger partial charge in [0.25, 0.3) is 0 Å². The van der Waals surface area contributed by atoms with Gasteiger partial charge in [0.05, 0.1) is 24.5 Å². The summed E-state index contributed by atoms with van der Waals surface area (Å²) in [4.78, 5) is 14.9. The second-order valence-corrected chi connectivity index (χ2v) is 6.40. The van der Waals surface area contributed by atoms with Crippen LogP contribution in [0.1, 0.15) is 20.8 Å². The molecule has 2 atom stereocenters. The lowest BCUT2D eigenvalue weighted by molar-refractivity contribution is -0.117. The first kappa shape index (κ1) is 17.9. The van der Waals surface area contributed by atoms with E-state index in [9.17, 15) is 4.79 Å². The van der Waals surface area contributed by atoms with Gasteiger partial charge in [0.15, 0.2) is 0 Å². The van der Waals surface area contributed by atoms with Crippen molar-refractivity contribution in [3.63, 3.8) is 0 Å². The number of hydrogen-bond donors (Lipinski definition) is 2. The molecule has 0 spiro atoms. The lowest BCUT2D eigenvalue weighted by atomic mass is 10.1. The molecular formula is C20H25N3O3. The molecule has 0 fully saturated rings. The molecule has 0 aliphatic carbocycles. The minimum atomic E-state index is -0.392. The van der Waals surface area contributed by atoms with E-state index in [1.807, 2.05) is 62.1 Å². The summed E-state index contributed by atoms with van der Waals surface area (Å²) in [6.45, 7) is 6.93. The SMILES string of the molecule is CCOc1ccccc1NC(=O)C(C)N1CC(C)Oc2ccc(N)cc21. The van der Waals surface area contributed by atoms with Gasteiger partial charge in [0.1, 0.15) is 23.6 Å². The van der Waals surface area contributed by atoms with Crippen molar-refractivity contribution in [2.75, 3.05) is 29.1 Å². The first-order valence-electron chi connectivity index (χ1n) is 8.85. The monoisotopic (exact) mass is 355 g/mol. The van der Waals surface area contributed by atoms with Gasteiger partial charge in [0.2, 0.25) is 5.91 Å². The third-order valence-corrected chi connectivity index (χ3v) is 4.37. The highest BCUT2D eigenvalue weighted by atomic mass is 16.5. The summed E-state index contributed by atoms with van der Waals surface area (Å²) >= 11 is 0. The van der Waals surface area contributed by atoms with Gasteiger partial charge >= 0.3 is 0 Å². The number of ether oxygens (including phenoxy) is 2. The van der Waals surface area contributed by atoms with E-state index in [4.69, 9.17) is 15.2 Å². The van der Waals surface area contributed by atoms with Crippen LogP contribution in [0.4, 0.5) is 17.1 Å². The number of rotatable bonds is 5. The van der Waals surface area contributed by atoms with Crippen LogP contribution in [-0.2, 0) is 4.79 Å². The van der Waals surface area contributed by atoms with Gasteiger partial charge in [-0.2, -0.15) is 0 Å². The summed E-state index contributed by atoms with van der Waals surface area (Å²) < 4.78 is 11.5. The molecule has 2 unspecified atom stereocenters. The maximum atomic E-state index is 12.9. The van der Waals surface area contributed by atoms with Crippen LogP contribution < -0.4 is 25.4 Å². The minimum absolute atomic E-state index is 0.0166. The summed E-state index contributed by atoms with van der Waals surface area (Å²) in [6, 6.07) is 12.5. The molecule has 0 saturated carbocycles. The number of anilines is 3. The Morgan fingerprint density at radius 3 is 2.92 bits per heavy atom. The van der Waals surface area contributed by atoms with Gasteiger partial charge in [-0.1, -0.05) is 12.1 Å². The van der Waals surface area contributed by atoms with E-state index in [1.54, 1.807) is 6.07 Å². The molecule has 26 heavy (non-hydrogen) atoms. The van der Waals surface area contributed by atoms with Crippen molar-refractivity contribution < 1.29 is 14.3 Å². The normalized spacial score (nSPS) is 17.0. The summed E-state index contributed by atoms with van der Waals surface area (Å²) in [6.07, 6.45) is -0.0166. The number of para-hydroxylation sites is 2.